The molecule has 2 rings (SSSR count). The summed E-state index contributed by atoms with van der Waals surface area (Å²) in [4.78, 5) is 25.2. The topological polar surface area (TPSA) is 65.1 Å². The molecule has 0 spiro atoms. The summed E-state index contributed by atoms with van der Waals surface area (Å²) in [7, 11) is 1.34. The Morgan fingerprint density at radius 3 is 2.65 bits per heavy atom. The lowest BCUT2D eigenvalue weighted by Crippen LogP contribution is -2.36. The van der Waals surface area contributed by atoms with Gasteiger partial charge >= 0.3 is 12.1 Å². The van der Waals surface area contributed by atoms with Crippen LogP contribution in [0.15, 0.2) is 24.3 Å². The second kappa shape index (κ2) is 6.89. The van der Waals surface area contributed by atoms with Gasteiger partial charge in [-0.05, 0) is 39.0 Å². The lowest BCUT2D eigenvalue weighted by atomic mass is 10.2. The molecule has 0 N–H and O–H groups in total. The smallest absolute Gasteiger partial charge is 0.410 e. The van der Waals surface area contributed by atoms with Gasteiger partial charge in [-0.1, -0.05) is 6.07 Å². The molecule has 1 aliphatic rings. The van der Waals surface area contributed by atoms with Crippen LogP contribution in [0.1, 0.15) is 37.6 Å². The predicted octanol–water partition coefficient (Wildman–Crippen LogP) is 2.86. The second-order valence-electron chi connectivity index (χ2n) is 6.47. The van der Waals surface area contributed by atoms with Crippen molar-refractivity contribution in [3.8, 4) is 5.75 Å². The van der Waals surface area contributed by atoms with Crippen LogP contribution in [-0.2, 0) is 9.47 Å². The Balaban J connectivity index is 1.93. The van der Waals surface area contributed by atoms with E-state index in [9.17, 15) is 9.59 Å². The Morgan fingerprint density at radius 1 is 1.26 bits per heavy atom. The SMILES string of the molecule is COC(=O)c1cccc(O[C@@H]2CCN(C(=O)OC(C)(C)C)C2)c1. The van der Waals surface area contributed by atoms with Gasteiger partial charge in [-0.2, -0.15) is 0 Å². The number of carbonyl (C=O) groups is 2. The minimum Gasteiger partial charge on any atom is -0.488 e. The van der Waals surface area contributed by atoms with Gasteiger partial charge in [-0.3, -0.25) is 0 Å². The maximum atomic E-state index is 12.0. The summed E-state index contributed by atoms with van der Waals surface area (Å²) in [5.74, 6) is 0.182. The first-order valence-corrected chi connectivity index (χ1v) is 7.61. The van der Waals surface area contributed by atoms with Gasteiger partial charge in [0.15, 0.2) is 0 Å². The molecule has 1 atom stereocenters. The highest BCUT2D eigenvalue weighted by molar-refractivity contribution is 5.89. The van der Waals surface area contributed by atoms with E-state index in [1.165, 1.54) is 7.11 Å². The molecule has 6 nitrogen and oxygen atoms in total. The summed E-state index contributed by atoms with van der Waals surface area (Å²) in [5, 5.41) is 0. The predicted molar refractivity (Wildman–Crippen MR) is 84.6 cm³/mol. The van der Waals surface area contributed by atoms with Crippen LogP contribution in [0.5, 0.6) is 5.75 Å². The standard InChI is InChI=1S/C17H23NO5/c1-17(2,3)23-16(20)18-9-8-14(11-18)22-13-7-5-6-12(10-13)15(19)21-4/h5-7,10,14H,8-9,11H2,1-4H3/t14-/m1/s1. The first-order valence-electron chi connectivity index (χ1n) is 7.61. The summed E-state index contributed by atoms with van der Waals surface area (Å²) in [6, 6.07) is 6.83. The van der Waals surface area contributed by atoms with Crippen LogP contribution in [0.2, 0.25) is 0 Å². The van der Waals surface area contributed by atoms with E-state index in [2.05, 4.69) is 0 Å². The maximum absolute atomic E-state index is 12.0. The average Bonchev–Trinajstić information content (AvgIpc) is 2.93. The molecule has 1 heterocycles. The number of rotatable bonds is 3. The van der Waals surface area contributed by atoms with Gasteiger partial charge in [0.05, 0.1) is 19.2 Å². The number of methoxy groups -OCH3 is 1. The van der Waals surface area contributed by atoms with Gasteiger partial charge in [-0.25, -0.2) is 9.59 Å². The Morgan fingerprint density at radius 2 is 2.00 bits per heavy atom. The van der Waals surface area contributed by atoms with Crippen molar-refractivity contribution in [1.29, 1.82) is 0 Å². The van der Waals surface area contributed by atoms with Gasteiger partial charge in [0.1, 0.15) is 17.5 Å². The lowest BCUT2D eigenvalue weighted by molar-refractivity contribution is 0.0275. The minimum atomic E-state index is -0.509. The van der Waals surface area contributed by atoms with Crippen molar-refractivity contribution < 1.29 is 23.8 Å². The number of amides is 1. The van der Waals surface area contributed by atoms with Gasteiger partial charge in [0, 0.05) is 13.0 Å². The van der Waals surface area contributed by atoms with E-state index < -0.39 is 11.6 Å². The van der Waals surface area contributed by atoms with E-state index in [1.54, 1.807) is 29.2 Å². The zero-order valence-electron chi connectivity index (χ0n) is 14.0. The Kier molecular flexibility index (Phi) is 5.13. The second-order valence-corrected chi connectivity index (χ2v) is 6.47. The van der Waals surface area contributed by atoms with Gasteiger partial charge in [-0.15, -0.1) is 0 Å². The molecule has 126 valence electrons. The first kappa shape index (κ1) is 17.1. The summed E-state index contributed by atoms with van der Waals surface area (Å²) in [6.07, 6.45) is 0.282. The van der Waals surface area contributed by atoms with Crippen molar-refractivity contribution in [2.75, 3.05) is 20.2 Å². The summed E-state index contributed by atoms with van der Waals surface area (Å²) < 4.78 is 15.9. The number of esters is 1. The average molecular weight is 321 g/mol. The molecule has 0 bridgehead atoms. The van der Waals surface area contributed by atoms with E-state index in [0.29, 0.717) is 24.4 Å². The van der Waals surface area contributed by atoms with Crippen molar-refractivity contribution >= 4 is 12.1 Å². The molecule has 1 saturated heterocycles. The zero-order chi connectivity index (χ0) is 17.0. The van der Waals surface area contributed by atoms with E-state index in [4.69, 9.17) is 14.2 Å². The molecule has 1 amide bonds. The number of ether oxygens (including phenoxy) is 3. The van der Waals surface area contributed by atoms with Crippen molar-refractivity contribution in [1.82, 2.24) is 4.90 Å². The fourth-order valence-corrected chi connectivity index (χ4v) is 2.32. The Hall–Kier alpha value is -2.24. The van der Waals surface area contributed by atoms with Crippen LogP contribution in [0, 0.1) is 0 Å². The molecular formula is C17H23NO5. The highest BCUT2D eigenvalue weighted by Crippen LogP contribution is 2.21. The third kappa shape index (κ3) is 4.87. The fraction of sp³-hybridized carbons (Fsp3) is 0.529. The molecule has 0 aromatic heterocycles. The highest BCUT2D eigenvalue weighted by atomic mass is 16.6. The van der Waals surface area contributed by atoms with E-state index in [1.807, 2.05) is 20.8 Å². The quantitative estimate of drug-likeness (QED) is 0.801. The maximum Gasteiger partial charge on any atom is 0.410 e. The van der Waals surface area contributed by atoms with Crippen LogP contribution in [0.3, 0.4) is 0 Å². The monoisotopic (exact) mass is 321 g/mol. The van der Waals surface area contributed by atoms with Crippen molar-refractivity contribution in [2.45, 2.75) is 38.9 Å². The van der Waals surface area contributed by atoms with E-state index >= 15 is 0 Å². The third-order valence-electron chi connectivity index (χ3n) is 3.35. The van der Waals surface area contributed by atoms with Crippen LogP contribution in [0.4, 0.5) is 4.79 Å². The molecule has 1 aliphatic heterocycles. The third-order valence-corrected chi connectivity index (χ3v) is 3.35. The molecule has 0 unspecified atom stereocenters. The van der Waals surface area contributed by atoms with Crippen molar-refractivity contribution in [3.05, 3.63) is 29.8 Å². The van der Waals surface area contributed by atoms with Crippen LogP contribution >= 0.6 is 0 Å². The molecule has 0 radical (unpaired) electrons. The summed E-state index contributed by atoms with van der Waals surface area (Å²) >= 11 is 0. The largest absolute Gasteiger partial charge is 0.488 e. The number of carbonyl (C=O) groups excluding carboxylic acids is 2. The molecule has 0 aliphatic carbocycles. The van der Waals surface area contributed by atoms with Crippen LogP contribution in [0.25, 0.3) is 0 Å². The first-order chi connectivity index (χ1) is 10.8. The zero-order valence-corrected chi connectivity index (χ0v) is 14.0. The van der Waals surface area contributed by atoms with E-state index in [-0.39, 0.29) is 12.2 Å². The molecule has 6 heteroatoms. The molecular weight excluding hydrogens is 298 g/mol. The summed E-state index contributed by atoms with van der Waals surface area (Å²) in [6.45, 7) is 6.58. The number of hydrogen-bond donors (Lipinski definition) is 0. The number of benzene rings is 1. The van der Waals surface area contributed by atoms with Crippen molar-refractivity contribution in [3.63, 3.8) is 0 Å². The van der Waals surface area contributed by atoms with Crippen molar-refractivity contribution in [2.24, 2.45) is 0 Å². The van der Waals surface area contributed by atoms with Gasteiger partial charge < -0.3 is 19.1 Å². The van der Waals surface area contributed by atoms with Crippen LogP contribution < -0.4 is 4.74 Å². The minimum absolute atomic E-state index is 0.115. The lowest BCUT2D eigenvalue weighted by Gasteiger charge is -2.24. The molecule has 23 heavy (non-hydrogen) atoms. The molecule has 1 aromatic carbocycles. The normalized spacial score (nSPS) is 17.7. The molecule has 1 fully saturated rings. The van der Waals surface area contributed by atoms with Gasteiger partial charge in [0.25, 0.3) is 0 Å². The number of likely N-dealkylation sites (tertiary alicyclic amines) is 1. The highest BCUT2D eigenvalue weighted by Gasteiger charge is 2.30. The molecule has 0 saturated carbocycles. The van der Waals surface area contributed by atoms with Crippen LogP contribution in [-0.4, -0.2) is 48.9 Å². The fourth-order valence-electron chi connectivity index (χ4n) is 2.32. The molecule has 1 aromatic rings. The summed E-state index contributed by atoms with van der Waals surface area (Å²) in [5.41, 5.74) is -0.0720. The Bertz CT molecular complexity index is 579. The Labute approximate surface area is 136 Å². The number of hydrogen-bond acceptors (Lipinski definition) is 5. The van der Waals surface area contributed by atoms with E-state index in [0.717, 1.165) is 6.42 Å². The van der Waals surface area contributed by atoms with Gasteiger partial charge in [0.2, 0.25) is 0 Å². The number of nitrogens with zero attached hydrogens (tertiary/aromatic N) is 1.